The van der Waals surface area contributed by atoms with Gasteiger partial charge in [0.1, 0.15) is 11.2 Å². The molecule has 4 nitrogen and oxygen atoms in total. The standard InChI is InChI=1S/C40H70O4/c1-29(17-13-19-31(3)21-22-35-36(5,6)25-33(41)27-38(35,9)43)15-11-12-16-30(2)18-14-20-32(4)23-24-40-37(7,8)26-34(42)28-39(40,10)44-40/h14,20-24,29-35,41-43H,11-13,15-19,25-28H2,1-10H3/b20-14+,22-21?,24-23+/t29?,30?,31?,32?,33-,34-,35?,38+,39+,40-/m0/s1. The Kier molecular flexibility index (Phi) is 12.7. The van der Waals surface area contributed by atoms with E-state index in [1.165, 1.54) is 44.9 Å². The molecule has 0 aromatic rings. The summed E-state index contributed by atoms with van der Waals surface area (Å²) in [5.74, 6) is 2.48. The molecule has 0 radical (unpaired) electrons. The van der Waals surface area contributed by atoms with Gasteiger partial charge in [-0.25, -0.2) is 0 Å². The predicted octanol–water partition coefficient (Wildman–Crippen LogP) is 9.58. The van der Waals surface area contributed by atoms with E-state index in [1.54, 1.807) is 0 Å². The number of aliphatic hydroxyl groups excluding tert-OH is 2. The van der Waals surface area contributed by atoms with E-state index in [2.05, 4.69) is 98.8 Å². The quantitative estimate of drug-likeness (QED) is 0.0919. The molecule has 0 spiro atoms. The molecule has 3 aliphatic rings. The van der Waals surface area contributed by atoms with Gasteiger partial charge in [-0.2, -0.15) is 0 Å². The van der Waals surface area contributed by atoms with Crippen molar-refractivity contribution in [1.29, 1.82) is 0 Å². The average Bonchev–Trinajstić information content (AvgIpc) is 3.49. The maximum atomic E-state index is 11.0. The molecule has 5 unspecified atom stereocenters. The molecule has 0 aromatic carbocycles. The number of epoxide rings is 1. The Morgan fingerprint density at radius 1 is 0.727 bits per heavy atom. The fraction of sp³-hybridized carbons (Fsp3) is 0.850. The Balaban J connectivity index is 1.27. The fourth-order valence-corrected chi connectivity index (χ4v) is 9.11. The summed E-state index contributed by atoms with van der Waals surface area (Å²) in [7, 11) is 0. The number of unbranched alkanes of at least 4 members (excludes halogenated alkanes) is 1. The van der Waals surface area contributed by atoms with Crippen LogP contribution >= 0.6 is 0 Å². The topological polar surface area (TPSA) is 73.2 Å². The third kappa shape index (κ3) is 9.55. The number of hydrogen-bond acceptors (Lipinski definition) is 4. The summed E-state index contributed by atoms with van der Waals surface area (Å²) >= 11 is 0. The number of rotatable bonds is 16. The van der Waals surface area contributed by atoms with Crippen molar-refractivity contribution in [2.24, 2.45) is 40.4 Å². The Bertz CT molecular complexity index is 973. The second kappa shape index (κ2) is 14.9. The highest BCUT2D eigenvalue weighted by atomic mass is 16.6. The highest BCUT2D eigenvalue weighted by Gasteiger charge is 2.74. The largest absolute Gasteiger partial charge is 0.393 e. The van der Waals surface area contributed by atoms with E-state index in [4.69, 9.17) is 4.74 Å². The van der Waals surface area contributed by atoms with Gasteiger partial charge in [-0.1, -0.05) is 130 Å². The molecule has 0 bridgehead atoms. The van der Waals surface area contributed by atoms with E-state index in [-0.39, 0.29) is 34.1 Å². The van der Waals surface area contributed by atoms with Gasteiger partial charge in [-0.15, -0.1) is 0 Å². The van der Waals surface area contributed by atoms with Crippen molar-refractivity contribution in [2.75, 3.05) is 0 Å². The number of hydrogen-bond donors (Lipinski definition) is 3. The van der Waals surface area contributed by atoms with E-state index in [9.17, 15) is 15.3 Å². The van der Waals surface area contributed by atoms with E-state index in [0.29, 0.717) is 18.3 Å². The fourth-order valence-electron chi connectivity index (χ4n) is 9.11. The van der Waals surface area contributed by atoms with Gasteiger partial charge in [0.25, 0.3) is 0 Å². The van der Waals surface area contributed by atoms with Crippen molar-refractivity contribution in [3.63, 3.8) is 0 Å². The summed E-state index contributed by atoms with van der Waals surface area (Å²) < 4.78 is 6.29. The lowest BCUT2D eigenvalue weighted by Crippen LogP contribution is -2.50. The summed E-state index contributed by atoms with van der Waals surface area (Å²) in [5.41, 5.74) is -1.45. The van der Waals surface area contributed by atoms with Crippen LogP contribution in [0.5, 0.6) is 0 Å². The Hall–Kier alpha value is -0.940. The third-order valence-corrected chi connectivity index (χ3v) is 11.7. The maximum Gasteiger partial charge on any atom is 0.121 e. The molecule has 0 aromatic heterocycles. The van der Waals surface area contributed by atoms with Gasteiger partial charge in [0.05, 0.1) is 17.8 Å². The highest BCUT2D eigenvalue weighted by Crippen LogP contribution is 2.66. The first-order valence-electron chi connectivity index (χ1n) is 18.2. The summed E-state index contributed by atoms with van der Waals surface area (Å²) in [6, 6.07) is 0. The molecule has 1 saturated heterocycles. The summed E-state index contributed by atoms with van der Waals surface area (Å²) in [6.45, 7) is 22.2. The van der Waals surface area contributed by atoms with Crippen LogP contribution in [-0.4, -0.2) is 44.3 Å². The number of aliphatic hydroxyl groups is 3. The molecule has 44 heavy (non-hydrogen) atoms. The molecule has 1 heterocycles. The van der Waals surface area contributed by atoms with Gasteiger partial charge in [0, 0.05) is 24.2 Å². The summed E-state index contributed by atoms with van der Waals surface area (Å²) in [6.07, 6.45) is 26.1. The van der Waals surface area contributed by atoms with E-state index in [1.807, 2.05) is 6.92 Å². The van der Waals surface area contributed by atoms with Crippen LogP contribution in [0.25, 0.3) is 0 Å². The zero-order valence-electron chi connectivity index (χ0n) is 30.2. The first-order valence-corrected chi connectivity index (χ1v) is 18.2. The van der Waals surface area contributed by atoms with Crippen LogP contribution in [0.4, 0.5) is 0 Å². The molecule has 3 rings (SSSR count). The van der Waals surface area contributed by atoms with Crippen LogP contribution in [0.1, 0.15) is 146 Å². The van der Waals surface area contributed by atoms with Gasteiger partial charge in [0.2, 0.25) is 0 Å². The van der Waals surface area contributed by atoms with Crippen LogP contribution < -0.4 is 0 Å². The molecule has 1 aliphatic heterocycles. The minimum atomic E-state index is -0.845. The monoisotopic (exact) mass is 615 g/mol. The van der Waals surface area contributed by atoms with Gasteiger partial charge in [-0.05, 0) is 68.6 Å². The smallest absolute Gasteiger partial charge is 0.121 e. The summed E-state index contributed by atoms with van der Waals surface area (Å²) in [5, 5.41) is 31.4. The summed E-state index contributed by atoms with van der Waals surface area (Å²) in [4.78, 5) is 0. The van der Waals surface area contributed by atoms with Crippen LogP contribution in [-0.2, 0) is 4.74 Å². The van der Waals surface area contributed by atoms with E-state index >= 15 is 0 Å². The Morgan fingerprint density at radius 3 is 1.98 bits per heavy atom. The van der Waals surface area contributed by atoms with E-state index in [0.717, 1.165) is 37.5 Å². The molecular formula is C40H70O4. The lowest BCUT2D eigenvalue weighted by Gasteiger charge is -2.48. The maximum absolute atomic E-state index is 11.0. The van der Waals surface area contributed by atoms with Crippen LogP contribution in [0, 0.1) is 40.4 Å². The van der Waals surface area contributed by atoms with E-state index < -0.39 is 11.7 Å². The van der Waals surface area contributed by atoms with Crippen LogP contribution in [0.3, 0.4) is 0 Å². The average molecular weight is 615 g/mol. The second-order valence-corrected chi connectivity index (χ2v) is 17.6. The van der Waals surface area contributed by atoms with Crippen molar-refractivity contribution < 1.29 is 20.1 Å². The lowest BCUT2D eigenvalue weighted by atomic mass is 9.61. The van der Waals surface area contributed by atoms with Crippen LogP contribution in [0.2, 0.25) is 0 Å². The SMILES string of the molecule is CC(/C=C/CC(C)CCCCC(C)CCCC(C)C=CC1C(C)(C)C[C@H](O)C[C@@]1(C)O)/C=C/[C@@]12O[C@]1(C)C[C@@H](O)CC2(C)C. The molecule has 3 N–H and O–H groups in total. The molecular weight excluding hydrogens is 544 g/mol. The molecule has 0 amide bonds. The van der Waals surface area contributed by atoms with Gasteiger partial charge in [-0.3, -0.25) is 0 Å². The van der Waals surface area contributed by atoms with Crippen molar-refractivity contribution >= 4 is 0 Å². The van der Waals surface area contributed by atoms with Crippen molar-refractivity contribution in [3.8, 4) is 0 Å². The minimum Gasteiger partial charge on any atom is -0.393 e. The zero-order valence-corrected chi connectivity index (χ0v) is 30.2. The molecule has 10 atom stereocenters. The van der Waals surface area contributed by atoms with Crippen LogP contribution in [0.15, 0.2) is 36.5 Å². The third-order valence-electron chi connectivity index (χ3n) is 11.7. The molecule has 2 saturated carbocycles. The minimum absolute atomic E-state index is 0.0520. The number of ether oxygens (including phenoxy) is 1. The molecule has 3 fully saturated rings. The first kappa shape index (κ1) is 37.5. The molecule has 254 valence electrons. The zero-order chi connectivity index (χ0) is 33.0. The van der Waals surface area contributed by atoms with Gasteiger partial charge >= 0.3 is 0 Å². The van der Waals surface area contributed by atoms with Crippen molar-refractivity contribution in [3.05, 3.63) is 36.5 Å². The predicted molar refractivity (Wildman–Crippen MR) is 185 cm³/mol. The molecule has 4 heteroatoms. The Morgan fingerprint density at radius 2 is 1.34 bits per heavy atom. The van der Waals surface area contributed by atoms with Crippen molar-refractivity contribution in [1.82, 2.24) is 0 Å². The Labute approximate surface area is 271 Å². The van der Waals surface area contributed by atoms with Crippen molar-refractivity contribution in [2.45, 2.75) is 175 Å². The second-order valence-electron chi connectivity index (χ2n) is 17.6. The molecule has 2 aliphatic carbocycles. The first-order chi connectivity index (χ1) is 20.3. The lowest BCUT2D eigenvalue weighted by molar-refractivity contribution is -0.111. The number of allylic oxidation sites excluding steroid dienone is 4. The highest BCUT2D eigenvalue weighted by molar-refractivity contribution is 5.32. The number of fused-ring (bicyclic) bond motifs is 1. The van der Waals surface area contributed by atoms with Gasteiger partial charge in [0.15, 0.2) is 0 Å². The normalized spacial score (nSPS) is 37.7. The van der Waals surface area contributed by atoms with Gasteiger partial charge < -0.3 is 20.1 Å².